The summed E-state index contributed by atoms with van der Waals surface area (Å²) in [4.78, 5) is 0. The molecule has 290 valence electrons. The summed E-state index contributed by atoms with van der Waals surface area (Å²) in [5.74, 6) is 0.351. The average Bonchev–Trinajstić information content (AvgIpc) is 3.12. The fraction of sp³-hybridized carbons (Fsp3) is 0.304. The quantitative estimate of drug-likeness (QED) is 0.0852. The lowest BCUT2D eigenvalue weighted by Crippen LogP contribution is -2.36. The standard InChI is InChI=1S/C46H48N2O8/c1-19-11-27-28(41-30-14-21(3)47-23(5)39(30)32(49)17-34(41)51)16-29(46(54)44(27)36(12-19)55-7)25-9-10-26-38(20(2)13-37(56-8)43(26)45(25)53)42-31-15-22(4)48-24(6)40(31)33(50)18-35(42)52/h9-13,16-18,21-24,47-54H,14-15H2,1-8H3/t21-,22-,23-,24-/m1/s1. The molecule has 0 unspecified atom stereocenters. The van der Waals surface area contributed by atoms with E-state index < -0.39 is 0 Å². The van der Waals surface area contributed by atoms with E-state index in [-0.39, 0.29) is 64.2 Å². The number of nitrogens with one attached hydrogen (secondary N) is 2. The molecule has 0 bridgehead atoms. The van der Waals surface area contributed by atoms with Crippen molar-refractivity contribution in [3.63, 3.8) is 0 Å². The zero-order chi connectivity index (χ0) is 40.1. The minimum Gasteiger partial charge on any atom is -0.507 e. The Hall–Kier alpha value is -5.84. The van der Waals surface area contributed by atoms with Crippen molar-refractivity contribution in [1.29, 1.82) is 0 Å². The number of hydrogen-bond donors (Lipinski definition) is 8. The Kier molecular flexibility index (Phi) is 8.89. The molecule has 0 radical (unpaired) electrons. The SMILES string of the molecule is COc1cc(C)cc2c(-c3c(O)cc(O)c4c3C[C@@H](C)N[C@@H]4C)cc(-c3ccc4c(-c5c(O)cc(O)c6c5C[C@@H](C)N[C@@H]6C)c(C)cc(OC)c4c3O)c(O)c12. The number of phenolic OH excluding ortho intramolecular Hbond substituents is 6. The second-order valence-electron chi connectivity index (χ2n) is 15.7. The Bertz CT molecular complexity index is 2630. The van der Waals surface area contributed by atoms with E-state index in [0.29, 0.717) is 79.3 Å². The predicted octanol–water partition coefficient (Wildman–Crippen LogP) is 9.05. The van der Waals surface area contributed by atoms with Crippen molar-refractivity contribution >= 4 is 21.5 Å². The highest BCUT2D eigenvalue weighted by Crippen LogP contribution is 2.55. The monoisotopic (exact) mass is 756 g/mol. The molecule has 2 aliphatic heterocycles. The van der Waals surface area contributed by atoms with Crippen molar-refractivity contribution in [1.82, 2.24) is 10.6 Å². The summed E-state index contributed by atoms with van der Waals surface area (Å²) in [7, 11) is 3.06. The van der Waals surface area contributed by atoms with E-state index >= 15 is 0 Å². The van der Waals surface area contributed by atoms with E-state index in [1.807, 2.05) is 52.0 Å². The van der Waals surface area contributed by atoms with Crippen LogP contribution in [0.25, 0.3) is 54.9 Å². The molecule has 0 aliphatic carbocycles. The molecule has 4 atom stereocenters. The normalized spacial score (nSPS) is 19.2. The van der Waals surface area contributed by atoms with Crippen molar-refractivity contribution in [3.8, 4) is 79.4 Å². The smallest absolute Gasteiger partial charge is 0.135 e. The van der Waals surface area contributed by atoms with Crippen LogP contribution in [0, 0.1) is 13.8 Å². The van der Waals surface area contributed by atoms with Gasteiger partial charge in [0.1, 0.15) is 46.0 Å². The number of aromatic hydroxyl groups is 6. The molecule has 6 aromatic rings. The third kappa shape index (κ3) is 5.53. The van der Waals surface area contributed by atoms with Gasteiger partial charge in [-0.2, -0.15) is 0 Å². The maximum atomic E-state index is 12.5. The van der Waals surface area contributed by atoms with E-state index in [9.17, 15) is 30.6 Å². The third-order valence-electron chi connectivity index (χ3n) is 11.8. The van der Waals surface area contributed by atoms with Gasteiger partial charge in [-0.3, -0.25) is 0 Å². The van der Waals surface area contributed by atoms with Crippen LogP contribution in [0.3, 0.4) is 0 Å². The van der Waals surface area contributed by atoms with E-state index in [2.05, 4.69) is 24.5 Å². The molecule has 0 saturated carbocycles. The van der Waals surface area contributed by atoms with Gasteiger partial charge in [-0.25, -0.2) is 0 Å². The van der Waals surface area contributed by atoms with Crippen LogP contribution in [-0.2, 0) is 12.8 Å². The van der Waals surface area contributed by atoms with Gasteiger partial charge in [0.05, 0.1) is 25.0 Å². The fourth-order valence-corrected chi connectivity index (χ4v) is 9.69. The van der Waals surface area contributed by atoms with Crippen molar-refractivity contribution in [2.24, 2.45) is 0 Å². The first-order valence-corrected chi connectivity index (χ1v) is 19.0. The number of aryl methyl sites for hydroxylation is 2. The molecule has 0 spiro atoms. The van der Waals surface area contributed by atoms with Crippen LogP contribution in [0.15, 0.2) is 48.5 Å². The zero-order valence-electron chi connectivity index (χ0n) is 32.8. The molecule has 0 aromatic heterocycles. The van der Waals surface area contributed by atoms with Crippen molar-refractivity contribution in [2.45, 2.75) is 78.6 Å². The average molecular weight is 757 g/mol. The van der Waals surface area contributed by atoms with Crippen molar-refractivity contribution in [3.05, 3.63) is 81.9 Å². The molecule has 8 N–H and O–H groups in total. The van der Waals surface area contributed by atoms with Gasteiger partial charge < -0.3 is 50.7 Å². The molecule has 0 saturated heterocycles. The Balaban J connectivity index is 1.46. The van der Waals surface area contributed by atoms with Gasteiger partial charge in [-0.15, -0.1) is 0 Å². The lowest BCUT2D eigenvalue weighted by Gasteiger charge is -2.32. The first-order valence-electron chi connectivity index (χ1n) is 19.0. The number of benzene rings is 6. The van der Waals surface area contributed by atoms with Gasteiger partial charge >= 0.3 is 0 Å². The minimum atomic E-state index is -0.191. The van der Waals surface area contributed by atoms with Gasteiger partial charge in [0.15, 0.2) is 0 Å². The van der Waals surface area contributed by atoms with E-state index in [4.69, 9.17) is 9.47 Å². The topological polar surface area (TPSA) is 164 Å². The second-order valence-corrected chi connectivity index (χ2v) is 15.7. The van der Waals surface area contributed by atoms with Crippen LogP contribution in [0.5, 0.6) is 46.0 Å². The lowest BCUT2D eigenvalue weighted by atomic mass is 9.80. The number of ether oxygens (including phenoxy) is 2. The van der Waals surface area contributed by atoms with Gasteiger partial charge in [-0.05, 0) is 123 Å². The van der Waals surface area contributed by atoms with Crippen LogP contribution in [0.4, 0.5) is 0 Å². The summed E-state index contributed by atoms with van der Waals surface area (Å²) in [6.45, 7) is 11.9. The molecule has 0 fully saturated rings. The van der Waals surface area contributed by atoms with Crippen LogP contribution >= 0.6 is 0 Å². The van der Waals surface area contributed by atoms with Crippen LogP contribution in [-0.4, -0.2) is 56.9 Å². The summed E-state index contributed by atoms with van der Waals surface area (Å²) in [6, 6.07) is 13.5. The number of rotatable bonds is 5. The van der Waals surface area contributed by atoms with Gasteiger partial charge in [0, 0.05) is 69.7 Å². The van der Waals surface area contributed by atoms with Gasteiger partial charge in [0.25, 0.3) is 0 Å². The summed E-state index contributed by atoms with van der Waals surface area (Å²) in [5, 5.41) is 79.0. The molecule has 56 heavy (non-hydrogen) atoms. The molecular weight excluding hydrogens is 709 g/mol. The first-order chi connectivity index (χ1) is 26.6. The molecular formula is C46H48N2O8. The van der Waals surface area contributed by atoms with Crippen LogP contribution in [0.1, 0.15) is 73.2 Å². The Morgan fingerprint density at radius 1 is 0.536 bits per heavy atom. The highest BCUT2D eigenvalue weighted by atomic mass is 16.5. The second kappa shape index (κ2) is 13.4. The first kappa shape index (κ1) is 37.1. The third-order valence-corrected chi connectivity index (χ3v) is 11.8. The van der Waals surface area contributed by atoms with E-state index in [1.165, 1.54) is 26.4 Å². The lowest BCUT2D eigenvalue weighted by molar-refractivity contribution is 0.401. The van der Waals surface area contributed by atoms with Gasteiger partial charge in [0.2, 0.25) is 0 Å². The van der Waals surface area contributed by atoms with Crippen molar-refractivity contribution in [2.75, 3.05) is 14.2 Å². The molecule has 0 amide bonds. The number of fused-ring (bicyclic) bond motifs is 4. The number of hydrogen-bond acceptors (Lipinski definition) is 10. The Morgan fingerprint density at radius 3 is 1.64 bits per heavy atom. The summed E-state index contributed by atoms with van der Waals surface area (Å²) in [6.07, 6.45) is 1.09. The number of methoxy groups -OCH3 is 2. The maximum Gasteiger partial charge on any atom is 0.135 e. The highest BCUT2D eigenvalue weighted by Gasteiger charge is 2.33. The summed E-state index contributed by atoms with van der Waals surface area (Å²) >= 11 is 0. The van der Waals surface area contributed by atoms with Gasteiger partial charge in [-0.1, -0.05) is 12.1 Å². The Labute approximate surface area is 325 Å². The summed E-state index contributed by atoms with van der Waals surface area (Å²) in [5.41, 5.74) is 7.68. The Morgan fingerprint density at radius 2 is 1.05 bits per heavy atom. The number of phenols is 6. The summed E-state index contributed by atoms with van der Waals surface area (Å²) < 4.78 is 11.8. The molecule has 8 rings (SSSR count). The maximum absolute atomic E-state index is 12.5. The molecule has 10 heteroatoms. The van der Waals surface area contributed by atoms with Crippen molar-refractivity contribution < 1.29 is 40.1 Å². The minimum absolute atomic E-state index is 0.00306. The largest absolute Gasteiger partial charge is 0.507 e. The molecule has 2 heterocycles. The fourth-order valence-electron chi connectivity index (χ4n) is 9.69. The van der Waals surface area contributed by atoms with E-state index in [0.717, 1.165) is 27.8 Å². The van der Waals surface area contributed by atoms with E-state index in [1.54, 1.807) is 12.1 Å². The molecule has 6 aromatic carbocycles. The molecule has 10 nitrogen and oxygen atoms in total. The molecule has 2 aliphatic rings. The highest BCUT2D eigenvalue weighted by molar-refractivity contribution is 6.13. The predicted molar refractivity (Wildman–Crippen MR) is 220 cm³/mol. The van der Waals surface area contributed by atoms with Crippen LogP contribution in [0.2, 0.25) is 0 Å². The zero-order valence-corrected chi connectivity index (χ0v) is 32.8. The van der Waals surface area contributed by atoms with Crippen LogP contribution < -0.4 is 20.1 Å².